The fourth-order valence-electron chi connectivity index (χ4n) is 8.58. The van der Waals surface area contributed by atoms with E-state index < -0.39 is 67.3 Å². The van der Waals surface area contributed by atoms with Gasteiger partial charge in [0.25, 0.3) is 0 Å². The molecule has 438 valence electrons. The van der Waals surface area contributed by atoms with Crippen molar-refractivity contribution in [2.24, 2.45) is 0 Å². The van der Waals surface area contributed by atoms with Gasteiger partial charge in [-0.2, -0.15) is 0 Å². The van der Waals surface area contributed by atoms with Crippen LogP contribution in [-0.4, -0.2) is 89.2 Å². The Morgan fingerprint density at radius 3 is 1.26 bits per heavy atom. The molecule has 0 aromatic heterocycles. The van der Waals surface area contributed by atoms with E-state index in [1.54, 1.807) is 0 Å². The molecule has 77 heavy (non-hydrogen) atoms. The van der Waals surface area contributed by atoms with Crippen molar-refractivity contribution in [3.8, 4) is 0 Å². The van der Waals surface area contributed by atoms with Crippen molar-refractivity contribution in [3.05, 3.63) is 97.2 Å². The maximum absolute atomic E-state index is 13.1. The van der Waals surface area contributed by atoms with Gasteiger partial charge >= 0.3 is 23.9 Å². The van der Waals surface area contributed by atoms with Gasteiger partial charge in [-0.3, -0.25) is 14.4 Å². The normalized spacial score (nSPS) is 18.7. The monoisotopic (exact) mass is 1080 g/mol. The molecule has 0 aliphatic carbocycles. The first-order chi connectivity index (χ1) is 37.6. The molecule has 6 atom stereocenters. The highest BCUT2D eigenvalue weighted by atomic mass is 16.7. The quantitative estimate of drug-likeness (QED) is 0.0228. The van der Waals surface area contributed by atoms with Gasteiger partial charge in [0.15, 0.2) is 24.6 Å². The van der Waals surface area contributed by atoms with Gasteiger partial charge < -0.3 is 39.0 Å². The van der Waals surface area contributed by atoms with Crippen LogP contribution in [0.4, 0.5) is 0 Å². The summed E-state index contributed by atoms with van der Waals surface area (Å²) in [5, 5.41) is 31.5. The highest BCUT2D eigenvalue weighted by Gasteiger charge is 2.50. The molecule has 6 unspecified atom stereocenters. The largest absolute Gasteiger partial charge is 0.479 e. The molecule has 0 radical (unpaired) electrons. The Morgan fingerprint density at radius 1 is 0.442 bits per heavy atom. The van der Waals surface area contributed by atoms with Gasteiger partial charge in [-0.05, 0) is 96.3 Å². The Kier molecular flexibility index (Phi) is 48.0. The Hall–Kier alpha value is -4.36. The zero-order valence-electron chi connectivity index (χ0n) is 48.2. The number of carboxylic acid groups (broad SMARTS) is 1. The first-order valence-electron chi connectivity index (χ1n) is 30.2. The Labute approximate surface area is 466 Å². The lowest BCUT2D eigenvalue weighted by Gasteiger charge is -2.40. The lowest BCUT2D eigenvalue weighted by atomic mass is 9.98. The fraction of sp³-hybridized carbons (Fsp3) is 0.692. The molecule has 3 N–H and O–H groups in total. The number of carbonyl (C=O) groups is 4. The van der Waals surface area contributed by atoms with Gasteiger partial charge in [0.05, 0.1) is 6.61 Å². The first-order valence-corrected chi connectivity index (χ1v) is 30.2. The SMILES string of the molecule is CC/C=C\C/C=C\C/C=C\C/C=C\C/C=C\CCCCCC(=O)OC1C(OCC(COC(=O)CCCCCCCCC/C=C\C/C=C\C/C=C\CC)OC(=O)CCCCCCCCCCCCC)OC(C(=O)O)C(O)C1O. The molecule has 1 fully saturated rings. The van der Waals surface area contributed by atoms with Gasteiger partial charge in [0.2, 0.25) is 0 Å². The molecular weight excluding hydrogens is 973 g/mol. The molecule has 0 aromatic rings. The number of aliphatic hydroxyl groups excluding tert-OH is 2. The molecular formula is C65H106O12. The molecule has 1 saturated heterocycles. The fourth-order valence-corrected chi connectivity index (χ4v) is 8.58. The van der Waals surface area contributed by atoms with E-state index in [0.29, 0.717) is 19.3 Å². The molecule has 0 bridgehead atoms. The Morgan fingerprint density at radius 2 is 0.818 bits per heavy atom. The minimum absolute atomic E-state index is 0.0174. The van der Waals surface area contributed by atoms with E-state index in [1.165, 1.54) is 51.4 Å². The molecule has 0 spiro atoms. The molecule has 12 heteroatoms. The van der Waals surface area contributed by atoms with Gasteiger partial charge in [-0.25, -0.2) is 4.79 Å². The van der Waals surface area contributed by atoms with E-state index in [0.717, 1.165) is 128 Å². The average molecular weight is 1080 g/mol. The van der Waals surface area contributed by atoms with Crippen molar-refractivity contribution in [1.82, 2.24) is 0 Å². The number of hydrogen-bond donors (Lipinski definition) is 3. The van der Waals surface area contributed by atoms with Crippen molar-refractivity contribution in [3.63, 3.8) is 0 Å². The highest BCUT2D eigenvalue weighted by molar-refractivity contribution is 5.74. The van der Waals surface area contributed by atoms with Gasteiger partial charge in [0.1, 0.15) is 18.8 Å². The smallest absolute Gasteiger partial charge is 0.335 e. The van der Waals surface area contributed by atoms with E-state index >= 15 is 0 Å². The summed E-state index contributed by atoms with van der Waals surface area (Å²) in [6.07, 6.45) is 56.6. The topological polar surface area (TPSA) is 175 Å². The molecule has 1 rings (SSSR count). The summed E-state index contributed by atoms with van der Waals surface area (Å²) in [6, 6.07) is 0. The number of ether oxygens (including phenoxy) is 5. The predicted molar refractivity (Wildman–Crippen MR) is 312 cm³/mol. The van der Waals surface area contributed by atoms with Crippen molar-refractivity contribution >= 4 is 23.9 Å². The molecule has 0 saturated carbocycles. The lowest BCUT2D eigenvalue weighted by Crippen LogP contribution is -2.61. The second-order valence-corrected chi connectivity index (χ2v) is 20.2. The van der Waals surface area contributed by atoms with Crippen LogP contribution in [0.25, 0.3) is 0 Å². The van der Waals surface area contributed by atoms with Crippen molar-refractivity contribution in [2.45, 2.75) is 276 Å². The zero-order valence-corrected chi connectivity index (χ0v) is 48.2. The van der Waals surface area contributed by atoms with E-state index in [4.69, 9.17) is 23.7 Å². The van der Waals surface area contributed by atoms with Crippen LogP contribution in [0.3, 0.4) is 0 Å². The number of esters is 3. The summed E-state index contributed by atoms with van der Waals surface area (Å²) in [5.41, 5.74) is 0. The summed E-state index contributed by atoms with van der Waals surface area (Å²) in [6.45, 7) is 5.74. The van der Waals surface area contributed by atoms with Crippen LogP contribution < -0.4 is 0 Å². The first kappa shape index (κ1) is 70.7. The third-order valence-corrected chi connectivity index (χ3v) is 13.2. The van der Waals surface area contributed by atoms with Crippen molar-refractivity contribution in [2.75, 3.05) is 13.2 Å². The van der Waals surface area contributed by atoms with Crippen LogP contribution in [0, 0.1) is 0 Å². The molecule has 12 nitrogen and oxygen atoms in total. The molecule has 0 aromatic carbocycles. The third-order valence-electron chi connectivity index (χ3n) is 13.2. The highest BCUT2D eigenvalue weighted by Crippen LogP contribution is 2.26. The van der Waals surface area contributed by atoms with Gasteiger partial charge in [-0.15, -0.1) is 0 Å². The number of hydrogen-bond acceptors (Lipinski definition) is 11. The number of aliphatic carboxylic acids is 1. The van der Waals surface area contributed by atoms with Crippen molar-refractivity contribution in [1.29, 1.82) is 0 Å². The van der Waals surface area contributed by atoms with E-state index in [-0.39, 0.29) is 25.9 Å². The number of carbonyl (C=O) groups excluding carboxylic acids is 3. The van der Waals surface area contributed by atoms with E-state index in [1.807, 2.05) is 0 Å². The average Bonchev–Trinajstić information content (AvgIpc) is 3.42. The number of unbranched alkanes of at least 4 members (excludes halogenated alkanes) is 20. The standard InChI is InChI=1S/C65H106O12/c1-4-7-10-13-16-19-22-24-26-28-29-31-33-35-38-41-44-47-50-53-59(68)76-63-61(70)60(69)62(64(71)72)77-65(63)74-55-56(75-58(67)52-49-46-43-40-36-21-18-15-12-9-6-3)54-73-57(66)51-48-45-42-39-37-34-32-30-27-25-23-20-17-14-11-8-5-2/h7-8,10-11,16-17,19-20,24-27,29,31,35,38,56,60-63,65,69-70H,4-6,9,12-15,18,21-23,28,30,32-34,36-37,39-55H2,1-3H3,(H,71,72)/b10-7-,11-8-,19-16-,20-17-,26-24-,27-25-,31-29-,38-35-. The van der Waals surface area contributed by atoms with Crippen LogP contribution in [-0.2, 0) is 42.9 Å². The maximum atomic E-state index is 13.1. The zero-order chi connectivity index (χ0) is 56.1. The number of rotatable bonds is 50. The summed E-state index contributed by atoms with van der Waals surface area (Å²) < 4.78 is 28.4. The second kappa shape index (κ2) is 52.3. The van der Waals surface area contributed by atoms with E-state index in [2.05, 4.69) is 118 Å². The molecule has 1 aliphatic rings. The summed E-state index contributed by atoms with van der Waals surface area (Å²) >= 11 is 0. The van der Waals surface area contributed by atoms with Crippen LogP contribution in [0.1, 0.15) is 239 Å². The van der Waals surface area contributed by atoms with E-state index in [9.17, 15) is 34.5 Å². The summed E-state index contributed by atoms with van der Waals surface area (Å²) in [7, 11) is 0. The molecule has 1 aliphatic heterocycles. The van der Waals surface area contributed by atoms with Gasteiger partial charge in [-0.1, -0.05) is 221 Å². The number of carboxylic acids is 1. The minimum Gasteiger partial charge on any atom is -0.479 e. The van der Waals surface area contributed by atoms with Crippen LogP contribution in [0.2, 0.25) is 0 Å². The third kappa shape index (κ3) is 42.3. The van der Waals surface area contributed by atoms with Crippen molar-refractivity contribution < 1.29 is 58.2 Å². The van der Waals surface area contributed by atoms with Crippen LogP contribution >= 0.6 is 0 Å². The Balaban J connectivity index is 2.68. The number of allylic oxidation sites excluding steroid dienone is 16. The molecule has 0 amide bonds. The van der Waals surface area contributed by atoms with Gasteiger partial charge in [0, 0.05) is 19.3 Å². The van der Waals surface area contributed by atoms with Crippen LogP contribution in [0.5, 0.6) is 0 Å². The molecule has 1 heterocycles. The summed E-state index contributed by atoms with van der Waals surface area (Å²) in [5.74, 6) is -3.18. The lowest BCUT2D eigenvalue weighted by molar-refractivity contribution is -0.301. The Bertz CT molecular complexity index is 1710. The maximum Gasteiger partial charge on any atom is 0.335 e. The van der Waals surface area contributed by atoms with Crippen LogP contribution in [0.15, 0.2) is 97.2 Å². The summed E-state index contributed by atoms with van der Waals surface area (Å²) in [4.78, 5) is 51.1. The predicted octanol–water partition coefficient (Wildman–Crippen LogP) is 15.7. The second-order valence-electron chi connectivity index (χ2n) is 20.2. The number of aliphatic hydroxyl groups is 2. The minimum atomic E-state index is -1.92.